The predicted octanol–water partition coefficient (Wildman–Crippen LogP) is 1.32. The Kier molecular flexibility index (Phi) is 6.86. The number of aromatic nitrogens is 1. The van der Waals surface area contributed by atoms with Crippen molar-refractivity contribution >= 4 is 11.9 Å². The Morgan fingerprint density at radius 1 is 1.33 bits per heavy atom. The number of nitrogens with zero attached hydrogens (tertiary/aromatic N) is 2. The van der Waals surface area contributed by atoms with Gasteiger partial charge in [0.1, 0.15) is 17.9 Å². The van der Waals surface area contributed by atoms with Crippen LogP contribution in [0.4, 0.5) is 4.79 Å². The highest BCUT2D eigenvalue weighted by Gasteiger charge is 2.41. The van der Waals surface area contributed by atoms with Crippen molar-refractivity contribution in [3.8, 4) is 5.75 Å². The number of likely N-dealkylation sites (tertiary alicyclic amines) is 1. The summed E-state index contributed by atoms with van der Waals surface area (Å²) in [6.07, 6.45) is 7.79. The maximum Gasteiger partial charge on any atom is 0.318 e. The van der Waals surface area contributed by atoms with Crippen molar-refractivity contribution in [2.45, 2.75) is 50.3 Å². The Morgan fingerprint density at radius 2 is 2.15 bits per heavy atom. The van der Waals surface area contributed by atoms with Crippen LogP contribution < -0.4 is 15.4 Å². The fraction of sp³-hybridized carbons (Fsp3) is 0.632. The van der Waals surface area contributed by atoms with Gasteiger partial charge < -0.3 is 25.0 Å². The van der Waals surface area contributed by atoms with Gasteiger partial charge in [0.2, 0.25) is 5.91 Å². The van der Waals surface area contributed by atoms with E-state index in [4.69, 9.17) is 9.47 Å². The summed E-state index contributed by atoms with van der Waals surface area (Å²) >= 11 is 0. The maximum absolute atomic E-state index is 12.8. The third-order valence-electron chi connectivity index (χ3n) is 5.05. The number of pyridine rings is 1. The molecule has 0 bridgehead atoms. The summed E-state index contributed by atoms with van der Waals surface area (Å²) in [7, 11) is 1.58. The molecule has 0 unspecified atom stereocenters. The van der Waals surface area contributed by atoms with Gasteiger partial charge in [0, 0.05) is 32.3 Å². The molecule has 8 heteroatoms. The number of carbonyl (C=O) groups excluding carboxylic acids is 2. The van der Waals surface area contributed by atoms with Crippen LogP contribution in [0.3, 0.4) is 0 Å². The molecule has 148 valence electrons. The summed E-state index contributed by atoms with van der Waals surface area (Å²) in [5.41, 5.74) is 0. The molecule has 27 heavy (non-hydrogen) atoms. The molecule has 1 aromatic heterocycles. The number of hydrogen-bond acceptors (Lipinski definition) is 5. The average Bonchev–Trinajstić information content (AvgIpc) is 3.32. The first-order valence-electron chi connectivity index (χ1n) is 9.58. The van der Waals surface area contributed by atoms with E-state index < -0.39 is 6.04 Å². The van der Waals surface area contributed by atoms with Gasteiger partial charge in [-0.25, -0.2) is 4.79 Å². The number of carbonyl (C=O) groups is 2. The van der Waals surface area contributed by atoms with Gasteiger partial charge in [-0.2, -0.15) is 0 Å². The first kappa shape index (κ1) is 19.4. The number of amides is 3. The molecule has 0 radical (unpaired) electrons. The lowest BCUT2D eigenvalue weighted by Gasteiger charge is -2.25. The highest BCUT2D eigenvalue weighted by atomic mass is 16.5. The molecule has 1 aliphatic carbocycles. The zero-order valence-electron chi connectivity index (χ0n) is 15.7. The number of ether oxygens (including phenoxy) is 2. The number of nitrogens with one attached hydrogen (secondary N) is 2. The van der Waals surface area contributed by atoms with Crippen molar-refractivity contribution in [3.05, 3.63) is 24.5 Å². The van der Waals surface area contributed by atoms with E-state index in [2.05, 4.69) is 15.6 Å². The van der Waals surface area contributed by atoms with Gasteiger partial charge in [0.15, 0.2) is 0 Å². The molecule has 2 heterocycles. The zero-order chi connectivity index (χ0) is 19.1. The lowest BCUT2D eigenvalue weighted by atomic mass is 10.2. The van der Waals surface area contributed by atoms with Crippen molar-refractivity contribution in [1.29, 1.82) is 0 Å². The van der Waals surface area contributed by atoms with Gasteiger partial charge >= 0.3 is 6.03 Å². The summed E-state index contributed by atoms with van der Waals surface area (Å²) in [5, 5.41) is 5.91. The third kappa shape index (κ3) is 5.32. The second kappa shape index (κ2) is 9.55. The van der Waals surface area contributed by atoms with Gasteiger partial charge in [-0.3, -0.25) is 9.78 Å². The molecule has 8 nitrogen and oxygen atoms in total. The van der Waals surface area contributed by atoms with Crippen LogP contribution in [0.25, 0.3) is 0 Å². The minimum Gasteiger partial charge on any atom is -0.487 e. The van der Waals surface area contributed by atoms with Crippen LogP contribution >= 0.6 is 0 Å². The molecule has 3 amide bonds. The fourth-order valence-corrected chi connectivity index (χ4v) is 3.69. The van der Waals surface area contributed by atoms with Gasteiger partial charge in [-0.15, -0.1) is 0 Å². The standard InChI is InChI=1S/C19H28N4O4/c1-26-10-9-21-18(24)17-11-16(27-15-7-4-8-20-12-15)13-23(17)19(25)22-14-5-2-3-6-14/h4,7-8,12,14,16-17H,2-3,5-6,9-11,13H2,1H3,(H,21,24)(H,22,25)/t16-,17+/m0/s1. The molecule has 1 saturated carbocycles. The van der Waals surface area contributed by atoms with Crippen LogP contribution in [0.5, 0.6) is 5.75 Å². The normalized spacial score (nSPS) is 22.6. The summed E-state index contributed by atoms with van der Waals surface area (Å²) in [5.74, 6) is 0.463. The lowest BCUT2D eigenvalue weighted by Crippen LogP contribution is -2.51. The first-order valence-corrected chi connectivity index (χ1v) is 9.58. The van der Waals surface area contributed by atoms with E-state index in [9.17, 15) is 9.59 Å². The van der Waals surface area contributed by atoms with Crippen LogP contribution in [-0.2, 0) is 9.53 Å². The topological polar surface area (TPSA) is 92.8 Å². The van der Waals surface area contributed by atoms with Crippen LogP contribution in [0, 0.1) is 0 Å². The number of hydrogen-bond donors (Lipinski definition) is 2. The summed E-state index contributed by atoms with van der Waals surface area (Å²) in [6, 6.07) is 3.08. The summed E-state index contributed by atoms with van der Waals surface area (Å²) in [4.78, 5) is 31.0. The van der Waals surface area contributed by atoms with Crippen molar-refractivity contribution in [2.75, 3.05) is 26.8 Å². The molecule has 3 rings (SSSR count). The van der Waals surface area contributed by atoms with Gasteiger partial charge in [-0.1, -0.05) is 12.8 Å². The van der Waals surface area contributed by atoms with Crippen LogP contribution in [0.2, 0.25) is 0 Å². The molecule has 1 aliphatic heterocycles. The highest BCUT2D eigenvalue weighted by molar-refractivity contribution is 5.88. The molecular weight excluding hydrogens is 348 g/mol. The average molecular weight is 376 g/mol. The van der Waals surface area contributed by atoms with Crippen molar-refractivity contribution in [2.24, 2.45) is 0 Å². The SMILES string of the molecule is COCCNC(=O)[C@H]1C[C@H](Oc2cccnc2)CN1C(=O)NC1CCCC1. The first-order chi connectivity index (χ1) is 13.2. The Labute approximate surface area is 159 Å². The summed E-state index contributed by atoms with van der Waals surface area (Å²) < 4.78 is 10.9. The molecule has 0 aromatic carbocycles. The van der Waals surface area contributed by atoms with Gasteiger partial charge in [-0.05, 0) is 25.0 Å². The quantitative estimate of drug-likeness (QED) is 0.700. The van der Waals surface area contributed by atoms with Crippen LogP contribution in [-0.4, -0.2) is 66.8 Å². The maximum atomic E-state index is 12.8. The molecule has 2 atom stereocenters. The molecule has 2 aliphatic rings. The number of rotatable bonds is 7. The Bertz CT molecular complexity index is 621. The van der Waals surface area contributed by atoms with Crippen LogP contribution in [0.15, 0.2) is 24.5 Å². The second-order valence-electron chi connectivity index (χ2n) is 7.05. The molecule has 1 saturated heterocycles. The van der Waals surface area contributed by atoms with Crippen molar-refractivity contribution < 1.29 is 19.1 Å². The Morgan fingerprint density at radius 3 is 2.85 bits per heavy atom. The second-order valence-corrected chi connectivity index (χ2v) is 7.05. The predicted molar refractivity (Wildman–Crippen MR) is 99.4 cm³/mol. The van der Waals surface area contributed by atoms with E-state index in [-0.39, 0.29) is 24.1 Å². The summed E-state index contributed by atoms with van der Waals surface area (Å²) in [6.45, 7) is 1.22. The molecule has 2 fully saturated rings. The third-order valence-corrected chi connectivity index (χ3v) is 5.05. The molecular formula is C19H28N4O4. The van der Waals surface area contributed by atoms with E-state index >= 15 is 0 Å². The van der Waals surface area contributed by atoms with E-state index in [0.29, 0.717) is 31.9 Å². The van der Waals surface area contributed by atoms with E-state index in [0.717, 1.165) is 25.7 Å². The van der Waals surface area contributed by atoms with Crippen molar-refractivity contribution in [3.63, 3.8) is 0 Å². The lowest BCUT2D eigenvalue weighted by molar-refractivity contribution is -0.124. The van der Waals surface area contributed by atoms with E-state index in [1.165, 1.54) is 0 Å². The van der Waals surface area contributed by atoms with Crippen molar-refractivity contribution in [1.82, 2.24) is 20.5 Å². The zero-order valence-corrected chi connectivity index (χ0v) is 15.7. The number of urea groups is 1. The molecule has 0 spiro atoms. The fourth-order valence-electron chi connectivity index (χ4n) is 3.69. The largest absolute Gasteiger partial charge is 0.487 e. The smallest absolute Gasteiger partial charge is 0.318 e. The molecule has 2 N–H and O–H groups in total. The monoisotopic (exact) mass is 376 g/mol. The van der Waals surface area contributed by atoms with Crippen LogP contribution in [0.1, 0.15) is 32.1 Å². The Hall–Kier alpha value is -2.35. The van der Waals surface area contributed by atoms with Gasteiger partial charge in [0.05, 0.1) is 19.3 Å². The molecule has 1 aromatic rings. The highest BCUT2D eigenvalue weighted by Crippen LogP contribution is 2.24. The Balaban J connectivity index is 1.64. The van der Waals surface area contributed by atoms with E-state index in [1.807, 2.05) is 6.07 Å². The van der Waals surface area contributed by atoms with Gasteiger partial charge in [0.25, 0.3) is 0 Å². The van der Waals surface area contributed by atoms with E-state index in [1.54, 1.807) is 30.5 Å². The minimum atomic E-state index is -0.551. The minimum absolute atomic E-state index is 0.175. The number of methoxy groups -OCH3 is 1.